The van der Waals surface area contributed by atoms with Crippen LogP contribution in [0.15, 0.2) is 0 Å². The molecule has 0 amide bonds. The maximum absolute atomic E-state index is 10.9. The van der Waals surface area contributed by atoms with Crippen molar-refractivity contribution in [2.75, 3.05) is 39.3 Å². The van der Waals surface area contributed by atoms with Crippen LogP contribution in [-0.2, 0) is 0 Å². The molecule has 0 bridgehead atoms. The van der Waals surface area contributed by atoms with Crippen LogP contribution < -0.4 is 0 Å². The minimum Gasteiger partial charge on any atom is -0.396 e. The van der Waals surface area contributed by atoms with Crippen LogP contribution in [0.1, 0.15) is 45.4 Å². The van der Waals surface area contributed by atoms with E-state index in [4.69, 9.17) is 0 Å². The summed E-state index contributed by atoms with van der Waals surface area (Å²) in [5.74, 6) is 0. The van der Waals surface area contributed by atoms with Crippen molar-refractivity contribution >= 4 is 0 Å². The lowest BCUT2D eigenvalue weighted by Crippen LogP contribution is -2.56. The van der Waals surface area contributed by atoms with Gasteiger partial charge in [-0.3, -0.25) is 4.90 Å². The second-order valence-electron chi connectivity index (χ2n) is 6.33. The lowest BCUT2D eigenvalue weighted by atomic mass is 9.89. The number of aliphatic hydroxyl groups is 2. The van der Waals surface area contributed by atoms with E-state index in [-0.39, 0.29) is 6.61 Å². The summed E-state index contributed by atoms with van der Waals surface area (Å²) in [6.07, 6.45) is 6.55. The second-order valence-corrected chi connectivity index (χ2v) is 6.33. The van der Waals surface area contributed by atoms with Crippen LogP contribution in [-0.4, -0.2) is 71.0 Å². The van der Waals surface area contributed by atoms with E-state index in [1.165, 1.54) is 19.3 Å². The first-order chi connectivity index (χ1) is 9.17. The Bertz CT molecular complexity index is 273. The highest BCUT2D eigenvalue weighted by Gasteiger charge is 2.36. The molecule has 2 rings (SSSR count). The lowest BCUT2D eigenvalue weighted by Gasteiger charge is -2.45. The van der Waals surface area contributed by atoms with Crippen LogP contribution in [0, 0.1) is 0 Å². The molecule has 4 heteroatoms. The second kappa shape index (κ2) is 7.02. The van der Waals surface area contributed by atoms with Crippen molar-refractivity contribution < 1.29 is 10.2 Å². The molecule has 2 saturated heterocycles. The predicted octanol–water partition coefficient (Wildman–Crippen LogP) is 1.07. The lowest BCUT2D eigenvalue weighted by molar-refractivity contribution is -0.0656. The monoisotopic (exact) mass is 270 g/mol. The van der Waals surface area contributed by atoms with E-state index < -0.39 is 5.60 Å². The van der Waals surface area contributed by atoms with Gasteiger partial charge in [0.25, 0.3) is 0 Å². The van der Waals surface area contributed by atoms with Gasteiger partial charge < -0.3 is 15.1 Å². The smallest absolute Gasteiger partial charge is 0.0900 e. The third kappa shape index (κ3) is 4.15. The van der Waals surface area contributed by atoms with Crippen molar-refractivity contribution in [2.45, 2.75) is 57.1 Å². The molecule has 2 fully saturated rings. The number of nitrogens with zero attached hydrogens (tertiary/aromatic N) is 2. The number of hydrogen-bond acceptors (Lipinski definition) is 4. The Balaban J connectivity index is 1.93. The van der Waals surface area contributed by atoms with Crippen LogP contribution in [0.4, 0.5) is 0 Å². The van der Waals surface area contributed by atoms with E-state index in [9.17, 15) is 10.2 Å². The van der Waals surface area contributed by atoms with E-state index in [2.05, 4.69) is 16.7 Å². The number of aliphatic hydroxyl groups excluding tert-OH is 1. The maximum Gasteiger partial charge on any atom is 0.0900 e. The Kier molecular flexibility index (Phi) is 5.63. The standard InChI is InChI=1S/C15H30N2O2/c1-2-16-9-5-8-15(19,12-16)13-17-10-4-3-6-14(17)7-11-18/h14,18-19H,2-13H2,1H3/t14-,15+/m1/s1. The molecular formula is C15H30N2O2. The zero-order chi connectivity index (χ0) is 13.7. The van der Waals surface area contributed by atoms with Gasteiger partial charge in [-0.05, 0) is 51.7 Å². The van der Waals surface area contributed by atoms with Crippen LogP contribution >= 0.6 is 0 Å². The fourth-order valence-electron chi connectivity index (χ4n) is 3.73. The molecule has 19 heavy (non-hydrogen) atoms. The third-order valence-electron chi connectivity index (χ3n) is 4.79. The fourth-order valence-corrected chi connectivity index (χ4v) is 3.73. The van der Waals surface area contributed by atoms with Crippen molar-refractivity contribution in [2.24, 2.45) is 0 Å². The van der Waals surface area contributed by atoms with Crippen molar-refractivity contribution in [3.8, 4) is 0 Å². The molecular weight excluding hydrogens is 240 g/mol. The number of hydrogen-bond donors (Lipinski definition) is 2. The van der Waals surface area contributed by atoms with E-state index in [0.717, 1.165) is 52.0 Å². The Morgan fingerprint density at radius 2 is 2.05 bits per heavy atom. The van der Waals surface area contributed by atoms with Gasteiger partial charge in [0.05, 0.1) is 5.60 Å². The van der Waals surface area contributed by atoms with Crippen LogP contribution in [0.3, 0.4) is 0 Å². The summed E-state index contributed by atoms with van der Waals surface area (Å²) in [5, 5.41) is 20.1. The van der Waals surface area contributed by atoms with Crippen molar-refractivity contribution in [1.29, 1.82) is 0 Å². The van der Waals surface area contributed by atoms with Crippen molar-refractivity contribution in [3.63, 3.8) is 0 Å². The third-order valence-corrected chi connectivity index (χ3v) is 4.79. The Labute approximate surface area is 117 Å². The molecule has 0 saturated carbocycles. The average Bonchev–Trinajstić information content (AvgIpc) is 2.41. The fraction of sp³-hybridized carbons (Fsp3) is 1.00. The molecule has 2 aliphatic heterocycles. The molecule has 0 unspecified atom stereocenters. The van der Waals surface area contributed by atoms with Crippen molar-refractivity contribution in [1.82, 2.24) is 9.80 Å². The quantitative estimate of drug-likeness (QED) is 0.784. The van der Waals surface area contributed by atoms with E-state index in [1.54, 1.807) is 0 Å². The SMILES string of the molecule is CCN1CCC[C@@](O)(CN2CCCC[C@@H]2CCO)C1. The highest BCUT2D eigenvalue weighted by molar-refractivity contribution is 4.92. The van der Waals surface area contributed by atoms with Gasteiger partial charge in [-0.15, -0.1) is 0 Å². The summed E-state index contributed by atoms with van der Waals surface area (Å²) in [5.41, 5.74) is -0.542. The number of likely N-dealkylation sites (N-methyl/N-ethyl adjacent to an activating group) is 1. The summed E-state index contributed by atoms with van der Waals surface area (Å²) >= 11 is 0. The normalized spacial score (nSPS) is 34.6. The van der Waals surface area contributed by atoms with Gasteiger partial charge in [-0.25, -0.2) is 0 Å². The van der Waals surface area contributed by atoms with Crippen molar-refractivity contribution in [3.05, 3.63) is 0 Å². The van der Waals surface area contributed by atoms with Gasteiger partial charge in [0.1, 0.15) is 0 Å². The highest BCUT2D eigenvalue weighted by atomic mass is 16.3. The molecule has 2 heterocycles. The predicted molar refractivity (Wildman–Crippen MR) is 77.2 cm³/mol. The summed E-state index contributed by atoms with van der Waals surface area (Å²) in [6.45, 7) is 7.27. The number of likely N-dealkylation sites (tertiary alicyclic amines) is 2. The molecule has 0 radical (unpaired) electrons. The molecule has 0 aromatic carbocycles. The highest BCUT2D eigenvalue weighted by Crippen LogP contribution is 2.27. The van der Waals surface area contributed by atoms with Crippen LogP contribution in [0.2, 0.25) is 0 Å². The van der Waals surface area contributed by atoms with Gasteiger partial charge >= 0.3 is 0 Å². The van der Waals surface area contributed by atoms with Gasteiger partial charge in [0, 0.05) is 25.7 Å². The summed E-state index contributed by atoms with van der Waals surface area (Å²) in [7, 11) is 0. The van der Waals surface area contributed by atoms with E-state index in [1.807, 2.05) is 0 Å². The van der Waals surface area contributed by atoms with E-state index in [0.29, 0.717) is 6.04 Å². The first-order valence-corrected chi connectivity index (χ1v) is 7.96. The van der Waals surface area contributed by atoms with Crippen LogP contribution in [0.25, 0.3) is 0 Å². The zero-order valence-electron chi connectivity index (χ0n) is 12.4. The molecule has 112 valence electrons. The largest absolute Gasteiger partial charge is 0.396 e. The molecule has 2 N–H and O–H groups in total. The first kappa shape index (κ1) is 15.2. The Morgan fingerprint density at radius 1 is 1.21 bits per heavy atom. The minimum absolute atomic E-state index is 0.265. The summed E-state index contributed by atoms with van der Waals surface area (Å²) in [4.78, 5) is 4.79. The molecule has 2 atom stereocenters. The van der Waals surface area contributed by atoms with Crippen LogP contribution in [0.5, 0.6) is 0 Å². The number of β-amino-alcohol motifs (C(OH)–C–C–N with tert-alkyl or cyclic N) is 1. The molecule has 0 aliphatic carbocycles. The zero-order valence-corrected chi connectivity index (χ0v) is 12.4. The van der Waals surface area contributed by atoms with Gasteiger partial charge in [0.15, 0.2) is 0 Å². The molecule has 0 aromatic rings. The first-order valence-electron chi connectivity index (χ1n) is 7.96. The molecule has 0 spiro atoms. The topological polar surface area (TPSA) is 46.9 Å². The van der Waals surface area contributed by atoms with Gasteiger partial charge in [-0.2, -0.15) is 0 Å². The summed E-state index contributed by atoms with van der Waals surface area (Å²) in [6, 6.07) is 0.472. The minimum atomic E-state index is -0.542. The molecule has 2 aliphatic rings. The Hall–Kier alpha value is -0.160. The van der Waals surface area contributed by atoms with Gasteiger partial charge in [0.2, 0.25) is 0 Å². The number of rotatable bonds is 5. The Morgan fingerprint density at radius 3 is 2.79 bits per heavy atom. The molecule has 0 aromatic heterocycles. The summed E-state index contributed by atoms with van der Waals surface area (Å²) < 4.78 is 0. The maximum atomic E-state index is 10.9. The van der Waals surface area contributed by atoms with Gasteiger partial charge in [-0.1, -0.05) is 13.3 Å². The van der Waals surface area contributed by atoms with E-state index >= 15 is 0 Å². The number of piperidine rings is 2. The average molecular weight is 270 g/mol. The molecule has 4 nitrogen and oxygen atoms in total.